The Morgan fingerprint density at radius 1 is 1.14 bits per heavy atom. The topological polar surface area (TPSA) is 84.6 Å². The number of amides is 2. The molecule has 2 unspecified atom stereocenters. The van der Waals surface area contributed by atoms with E-state index in [4.69, 9.17) is 5.26 Å². The number of benzene rings is 1. The van der Waals surface area contributed by atoms with Crippen LogP contribution in [-0.2, 0) is 11.0 Å². The Morgan fingerprint density at radius 2 is 1.83 bits per heavy atom. The fraction of sp³-hybridized carbons (Fsp3) is 0.550. The molecule has 6 nitrogen and oxygen atoms in total. The van der Waals surface area contributed by atoms with Gasteiger partial charge in [-0.2, -0.15) is 18.4 Å². The molecule has 0 radical (unpaired) electrons. The number of halogens is 3. The van der Waals surface area contributed by atoms with Gasteiger partial charge in [-0.1, -0.05) is 18.2 Å². The lowest BCUT2D eigenvalue weighted by Gasteiger charge is -2.40. The zero-order valence-electron chi connectivity index (χ0n) is 15.7. The van der Waals surface area contributed by atoms with E-state index in [1.54, 1.807) is 11.0 Å². The summed E-state index contributed by atoms with van der Waals surface area (Å²) in [5.41, 5.74) is -0.407. The van der Waals surface area contributed by atoms with Crippen molar-refractivity contribution < 1.29 is 27.9 Å². The van der Waals surface area contributed by atoms with E-state index < -0.39 is 29.5 Å². The average molecular weight is 409 g/mol. The van der Waals surface area contributed by atoms with E-state index in [1.807, 2.05) is 0 Å². The van der Waals surface area contributed by atoms with Crippen LogP contribution in [0, 0.1) is 23.2 Å². The van der Waals surface area contributed by atoms with Crippen molar-refractivity contribution in [2.75, 3.05) is 26.2 Å². The van der Waals surface area contributed by atoms with Crippen molar-refractivity contribution in [3.05, 3.63) is 35.4 Å². The number of carbonyl (C=O) groups excluding carboxylic acids is 1. The molecule has 1 aromatic rings. The van der Waals surface area contributed by atoms with Gasteiger partial charge in [0, 0.05) is 38.0 Å². The van der Waals surface area contributed by atoms with Crippen molar-refractivity contribution in [2.24, 2.45) is 11.8 Å². The van der Waals surface area contributed by atoms with Crippen molar-refractivity contribution in [3.8, 4) is 6.07 Å². The van der Waals surface area contributed by atoms with E-state index in [1.165, 1.54) is 11.0 Å². The van der Waals surface area contributed by atoms with E-state index in [-0.39, 0.29) is 31.5 Å². The fourth-order valence-corrected chi connectivity index (χ4v) is 4.04. The summed E-state index contributed by atoms with van der Waals surface area (Å²) in [6.07, 6.45) is -3.18. The number of piperidine rings is 2. The summed E-state index contributed by atoms with van der Waals surface area (Å²) in [4.78, 5) is 27.6. The second kappa shape index (κ2) is 8.31. The molecule has 0 saturated carbocycles. The molecule has 2 atom stereocenters. The molecule has 0 aliphatic carbocycles. The first-order valence-corrected chi connectivity index (χ1v) is 9.52. The van der Waals surface area contributed by atoms with Crippen molar-refractivity contribution in [1.82, 2.24) is 9.80 Å². The number of carboxylic acid groups (broad SMARTS) is 1. The first-order valence-electron chi connectivity index (χ1n) is 9.52. The van der Waals surface area contributed by atoms with Crippen LogP contribution in [0.15, 0.2) is 24.3 Å². The summed E-state index contributed by atoms with van der Waals surface area (Å²) in [5.74, 6) is -2.50. The maximum absolute atomic E-state index is 13.1. The molecule has 2 aliphatic heterocycles. The van der Waals surface area contributed by atoms with Gasteiger partial charge in [0.05, 0.1) is 17.6 Å². The van der Waals surface area contributed by atoms with Gasteiger partial charge >= 0.3 is 18.2 Å². The Labute approximate surface area is 166 Å². The van der Waals surface area contributed by atoms with Gasteiger partial charge in [0.1, 0.15) is 0 Å². The molecule has 0 spiro atoms. The van der Waals surface area contributed by atoms with E-state index in [2.05, 4.69) is 6.07 Å². The number of carboxylic acids is 1. The predicted octanol–water partition coefficient (Wildman–Crippen LogP) is 3.55. The van der Waals surface area contributed by atoms with Crippen molar-refractivity contribution >= 4 is 12.0 Å². The van der Waals surface area contributed by atoms with Crippen molar-refractivity contribution in [1.29, 1.82) is 5.26 Å². The Morgan fingerprint density at radius 3 is 2.41 bits per heavy atom. The molecule has 0 bridgehead atoms. The number of hydrogen-bond acceptors (Lipinski definition) is 3. The van der Waals surface area contributed by atoms with Gasteiger partial charge in [-0.3, -0.25) is 4.79 Å². The number of nitriles is 1. The quantitative estimate of drug-likeness (QED) is 0.810. The Balaban J connectivity index is 1.79. The molecular formula is C20H22F3N3O3. The minimum atomic E-state index is -4.49. The molecule has 9 heteroatoms. The molecule has 3 rings (SSSR count). The highest BCUT2D eigenvalue weighted by atomic mass is 19.4. The van der Waals surface area contributed by atoms with Crippen LogP contribution in [0.5, 0.6) is 0 Å². The van der Waals surface area contributed by atoms with Crippen LogP contribution in [0.3, 0.4) is 0 Å². The van der Waals surface area contributed by atoms with Crippen LogP contribution in [0.2, 0.25) is 0 Å². The summed E-state index contributed by atoms with van der Waals surface area (Å²) < 4.78 is 39.2. The number of alkyl halides is 3. The zero-order valence-corrected chi connectivity index (χ0v) is 15.7. The lowest BCUT2D eigenvalue weighted by atomic mass is 9.84. The van der Waals surface area contributed by atoms with Gasteiger partial charge in [0.2, 0.25) is 0 Å². The van der Waals surface area contributed by atoms with Gasteiger partial charge < -0.3 is 14.9 Å². The summed E-state index contributed by atoms with van der Waals surface area (Å²) >= 11 is 0. The van der Waals surface area contributed by atoms with Gasteiger partial charge in [-0.05, 0) is 30.9 Å². The highest BCUT2D eigenvalue weighted by Crippen LogP contribution is 2.35. The smallest absolute Gasteiger partial charge is 0.416 e. The first-order chi connectivity index (χ1) is 13.7. The highest BCUT2D eigenvalue weighted by Gasteiger charge is 2.38. The second-order valence-corrected chi connectivity index (χ2v) is 7.67. The lowest BCUT2D eigenvalue weighted by molar-refractivity contribution is -0.143. The minimum absolute atomic E-state index is 0.0296. The Bertz CT molecular complexity index is 813. The molecule has 2 fully saturated rings. The molecule has 2 amide bonds. The predicted molar refractivity (Wildman–Crippen MR) is 96.8 cm³/mol. The third kappa shape index (κ3) is 4.81. The summed E-state index contributed by atoms with van der Waals surface area (Å²) in [6.45, 7) is 1.03. The minimum Gasteiger partial charge on any atom is -0.481 e. The fourth-order valence-electron chi connectivity index (χ4n) is 4.04. The zero-order chi connectivity index (χ0) is 21.2. The molecule has 2 heterocycles. The van der Waals surface area contributed by atoms with E-state index in [9.17, 15) is 27.9 Å². The molecule has 1 aromatic carbocycles. The van der Waals surface area contributed by atoms with Crippen molar-refractivity contribution in [2.45, 2.75) is 31.4 Å². The lowest BCUT2D eigenvalue weighted by Crippen LogP contribution is -2.52. The number of carbonyl (C=O) groups is 2. The average Bonchev–Trinajstić information content (AvgIpc) is 2.72. The standard InChI is InChI=1S/C20H22F3N3O3/c21-20(22,23)17-3-1-2-14(9-17)15-8-16(18(27)28)12-26(11-15)19(29)25-6-4-13(10-24)5-7-25/h1-3,9,13,15-16H,4-8,11-12H2,(H,27,28). The Kier molecular flexibility index (Phi) is 6.01. The Hall–Kier alpha value is -2.76. The number of likely N-dealkylation sites (tertiary alicyclic amines) is 2. The second-order valence-electron chi connectivity index (χ2n) is 7.67. The largest absolute Gasteiger partial charge is 0.481 e. The van der Waals surface area contributed by atoms with Crippen LogP contribution in [0.4, 0.5) is 18.0 Å². The molecule has 1 N–H and O–H groups in total. The number of rotatable bonds is 2. The van der Waals surface area contributed by atoms with E-state index in [0.717, 1.165) is 12.1 Å². The van der Waals surface area contributed by atoms with E-state index in [0.29, 0.717) is 31.5 Å². The SMILES string of the molecule is N#CC1CCN(C(=O)N2CC(C(=O)O)CC(c3cccc(C(F)(F)F)c3)C2)CC1. The summed E-state index contributed by atoms with van der Waals surface area (Å²) in [7, 11) is 0. The number of urea groups is 1. The molecule has 0 aromatic heterocycles. The normalized spacial score (nSPS) is 23.5. The molecule has 29 heavy (non-hydrogen) atoms. The third-order valence-corrected chi connectivity index (χ3v) is 5.70. The molecular weight excluding hydrogens is 387 g/mol. The third-order valence-electron chi connectivity index (χ3n) is 5.70. The number of nitrogens with zero attached hydrogens (tertiary/aromatic N) is 3. The molecule has 2 aliphatic rings. The van der Waals surface area contributed by atoms with E-state index >= 15 is 0 Å². The maximum Gasteiger partial charge on any atom is 0.416 e. The van der Waals surface area contributed by atoms with Crippen LogP contribution in [0.1, 0.15) is 36.3 Å². The summed E-state index contributed by atoms with van der Waals surface area (Å²) in [6, 6.07) is 6.74. The molecule has 2 saturated heterocycles. The van der Waals surface area contributed by atoms with Gasteiger partial charge in [-0.15, -0.1) is 0 Å². The summed E-state index contributed by atoms with van der Waals surface area (Å²) in [5, 5.41) is 18.5. The van der Waals surface area contributed by atoms with Crippen molar-refractivity contribution in [3.63, 3.8) is 0 Å². The first kappa shape index (κ1) is 21.0. The maximum atomic E-state index is 13.1. The van der Waals surface area contributed by atoms with Gasteiger partial charge in [0.25, 0.3) is 0 Å². The van der Waals surface area contributed by atoms with Gasteiger partial charge in [-0.25, -0.2) is 4.79 Å². The highest BCUT2D eigenvalue weighted by molar-refractivity contribution is 5.77. The number of hydrogen-bond donors (Lipinski definition) is 1. The van der Waals surface area contributed by atoms with Crippen LogP contribution in [0.25, 0.3) is 0 Å². The van der Waals surface area contributed by atoms with Crippen LogP contribution in [-0.4, -0.2) is 53.1 Å². The van der Waals surface area contributed by atoms with Crippen LogP contribution >= 0.6 is 0 Å². The molecule has 156 valence electrons. The monoisotopic (exact) mass is 409 g/mol. The van der Waals surface area contributed by atoms with Crippen LogP contribution < -0.4 is 0 Å². The number of aliphatic carboxylic acids is 1. The van der Waals surface area contributed by atoms with Gasteiger partial charge in [0.15, 0.2) is 0 Å².